The number of nitrogens with one attached hydrogen (secondary N) is 1. The molecule has 3 heterocycles. The number of pyridine rings is 1. The second kappa shape index (κ2) is 15.7. The Morgan fingerprint density at radius 2 is 1.86 bits per heavy atom. The Kier molecular flexibility index (Phi) is 11.2. The quantitative estimate of drug-likeness (QED) is 0.121. The van der Waals surface area contributed by atoms with Crippen LogP contribution in [0.3, 0.4) is 0 Å². The number of sulfonamides is 1. The highest BCUT2D eigenvalue weighted by Crippen LogP contribution is 2.57. The number of allylic oxidation sites excluding steroid dienone is 1. The van der Waals surface area contributed by atoms with Gasteiger partial charge in [0.25, 0.3) is 0 Å². The molecule has 13 nitrogen and oxygen atoms in total. The number of halogens is 1. The van der Waals surface area contributed by atoms with E-state index < -0.39 is 62.0 Å². The largest absolute Gasteiger partial charge is 0.494 e. The first-order valence-electron chi connectivity index (χ1n) is 19.0. The number of Topliss-reactive ketones (excluding diaryl/α,β-unsaturated/α-hetero) is 1. The molecule has 0 bridgehead atoms. The SMILES string of the molecule is C=C[C@@H]1C[C@]1(CC(=O)[C@@H]1C[C@@H](Oc2ncc(OC)c3ccc(Cl)cc23)CN1C(=O)[C@@H](Cc1nc(-c2ccc(C(=O)O)cc2)cs1)C(C)(C)C)C(=O)NS(=O)(=O)C1CC1. The summed E-state index contributed by atoms with van der Waals surface area (Å²) in [5.74, 6) is -2.72. The molecule has 1 saturated heterocycles. The van der Waals surface area contributed by atoms with E-state index in [1.807, 2.05) is 26.2 Å². The molecule has 4 aromatic rings. The third-order valence-corrected chi connectivity index (χ3v) is 14.4. The highest BCUT2D eigenvalue weighted by molar-refractivity contribution is 7.90. The Hall–Kier alpha value is -4.86. The summed E-state index contributed by atoms with van der Waals surface area (Å²) in [6, 6.07) is 10.6. The van der Waals surface area contributed by atoms with Crippen molar-refractivity contribution >= 4 is 67.3 Å². The van der Waals surface area contributed by atoms with Gasteiger partial charge in [-0.3, -0.25) is 19.1 Å². The van der Waals surface area contributed by atoms with Gasteiger partial charge < -0.3 is 19.5 Å². The van der Waals surface area contributed by atoms with Gasteiger partial charge in [-0.25, -0.2) is 23.2 Å². The average molecular weight is 849 g/mol. The summed E-state index contributed by atoms with van der Waals surface area (Å²) in [5.41, 5.74) is -0.356. The first kappa shape index (κ1) is 41.3. The topological polar surface area (TPSA) is 182 Å². The third-order valence-electron chi connectivity index (χ3n) is 11.5. The lowest BCUT2D eigenvalue weighted by Gasteiger charge is -2.35. The van der Waals surface area contributed by atoms with Gasteiger partial charge in [-0.1, -0.05) is 50.6 Å². The Balaban J connectivity index is 1.18. The summed E-state index contributed by atoms with van der Waals surface area (Å²) in [5, 5.41) is 13.0. The fraction of sp³-hybridized carbons (Fsp3) is 0.429. The number of carboxylic acids is 1. The summed E-state index contributed by atoms with van der Waals surface area (Å²) < 4.78 is 39.9. The third kappa shape index (κ3) is 8.34. The number of carboxylic acid groups (broad SMARTS) is 1. The Labute approximate surface area is 345 Å². The van der Waals surface area contributed by atoms with Gasteiger partial charge in [0.2, 0.25) is 27.7 Å². The van der Waals surface area contributed by atoms with E-state index in [2.05, 4.69) is 16.3 Å². The minimum absolute atomic E-state index is 0.0385. The fourth-order valence-electron chi connectivity index (χ4n) is 7.78. The molecule has 0 radical (unpaired) electrons. The van der Waals surface area contributed by atoms with Crippen molar-refractivity contribution in [2.24, 2.45) is 22.7 Å². The second-order valence-electron chi connectivity index (χ2n) is 16.5. The lowest BCUT2D eigenvalue weighted by Crippen LogP contribution is -2.48. The smallest absolute Gasteiger partial charge is 0.335 e. The molecule has 2 N–H and O–H groups in total. The van der Waals surface area contributed by atoms with Crippen molar-refractivity contribution in [2.45, 2.75) is 76.7 Å². The molecule has 2 amide bonds. The molecule has 1 aliphatic heterocycles. The fourth-order valence-corrected chi connectivity index (χ4v) is 10.2. The number of ketones is 1. The number of carbonyl (C=O) groups is 4. The molecular weight excluding hydrogens is 804 g/mol. The minimum Gasteiger partial charge on any atom is -0.494 e. The molecule has 2 saturated carbocycles. The van der Waals surface area contributed by atoms with Crippen molar-refractivity contribution in [1.29, 1.82) is 0 Å². The summed E-state index contributed by atoms with van der Waals surface area (Å²) in [6.07, 6.45) is 3.70. The van der Waals surface area contributed by atoms with E-state index in [0.29, 0.717) is 45.1 Å². The first-order valence-corrected chi connectivity index (χ1v) is 21.8. The van der Waals surface area contributed by atoms with Crippen LogP contribution in [0, 0.1) is 22.7 Å². The number of nitrogens with zero attached hydrogens (tertiary/aromatic N) is 3. The van der Waals surface area contributed by atoms with Crippen LogP contribution >= 0.6 is 22.9 Å². The van der Waals surface area contributed by atoms with E-state index in [9.17, 15) is 32.7 Å². The summed E-state index contributed by atoms with van der Waals surface area (Å²) in [7, 11) is -2.34. The number of likely N-dealkylation sites (tertiary alicyclic amines) is 1. The monoisotopic (exact) mass is 848 g/mol. The zero-order valence-electron chi connectivity index (χ0n) is 32.6. The molecule has 3 aliphatic rings. The molecular formula is C42H45ClN4O9S2. The number of fused-ring (bicyclic) bond motifs is 1. The van der Waals surface area contributed by atoms with E-state index >= 15 is 0 Å². The standard InChI is InChI=1S/C42H45ClN4O9S2/c1-6-25-18-42(25,40(52)46-58(53,54)28-12-13-28)19-34(48)33-16-27(56-37-30-15-26(43)11-14-29(30)35(55-5)20-44-37)21-47(33)38(49)31(41(2,3)4)17-36-45-32(22-57-36)23-7-9-24(10-8-23)39(50)51/h6-11,14-15,20,22,25,27-28,31,33H,1,12-13,16-19,21H2,2-5H3,(H,46,52)(H,50,51)/t25-,27-,31-,33+,42-/m1/s1. The molecule has 2 aliphatic carbocycles. The number of benzene rings is 2. The minimum atomic E-state index is -3.87. The van der Waals surface area contributed by atoms with Gasteiger partial charge >= 0.3 is 5.97 Å². The predicted octanol–water partition coefficient (Wildman–Crippen LogP) is 6.73. The van der Waals surface area contributed by atoms with Crippen LogP contribution < -0.4 is 14.2 Å². The molecule has 58 heavy (non-hydrogen) atoms. The van der Waals surface area contributed by atoms with Gasteiger partial charge in [-0.2, -0.15) is 0 Å². The Bertz CT molecular complexity index is 2410. The molecule has 0 unspecified atom stereocenters. The molecule has 5 atom stereocenters. The number of ether oxygens (including phenoxy) is 2. The lowest BCUT2D eigenvalue weighted by molar-refractivity contribution is -0.144. The maximum absolute atomic E-state index is 14.9. The Morgan fingerprint density at radius 3 is 2.48 bits per heavy atom. The van der Waals surface area contributed by atoms with Crippen molar-refractivity contribution in [2.75, 3.05) is 13.7 Å². The molecule has 2 aromatic heterocycles. The van der Waals surface area contributed by atoms with Gasteiger partial charge in [0.1, 0.15) is 11.9 Å². The van der Waals surface area contributed by atoms with Crippen LogP contribution in [0.25, 0.3) is 22.0 Å². The summed E-state index contributed by atoms with van der Waals surface area (Å²) in [4.78, 5) is 65.4. The van der Waals surface area contributed by atoms with Crippen LogP contribution in [0.15, 0.2) is 66.7 Å². The van der Waals surface area contributed by atoms with E-state index in [1.54, 1.807) is 41.3 Å². The molecule has 7 rings (SSSR count). The van der Waals surface area contributed by atoms with Gasteiger partial charge in [0.05, 0.1) is 52.8 Å². The van der Waals surface area contributed by atoms with Crippen LogP contribution in [0.5, 0.6) is 11.6 Å². The number of carbonyl (C=O) groups excluding carboxylic acids is 3. The van der Waals surface area contributed by atoms with Crippen LogP contribution in [-0.2, 0) is 30.8 Å². The molecule has 2 aromatic carbocycles. The number of hydrogen-bond donors (Lipinski definition) is 2. The van der Waals surface area contributed by atoms with E-state index in [1.165, 1.54) is 36.8 Å². The van der Waals surface area contributed by atoms with Crippen LogP contribution in [0.1, 0.15) is 68.2 Å². The zero-order valence-corrected chi connectivity index (χ0v) is 35.0. The van der Waals surface area contributed by atoms with E-state index in [-0.39, 0.29) is 55.4 Å². The van der Waals surface area contributed by atoms with E-state index in [0.717, 1.165) is 5.56 Å². The molecule has 0 spiro atoms. The number of thiazole rings is 1. The normalized spacial score (nSPS) is 22.3. The van der Waals surface area contributed by atoms with Crippen molar-refractivity contribution in [3.63, 3.8) is 0 Å². The van der Waals surface area contributed by atoms with Gasteiger partial charge in [-0.05, 0) is 60.9 Å². The second-order valence-corrected chi connectivity index (χ2v) is 19.8. The average Bonchev–Trinajstić information content (AvgIpc) is 4.07. The van der Waals surface area contributed by atoms with Crippen molar-refractivity contribution in [3.8, 4) is 22.9 Å². The summed E-state index contributed by atoms with van der Waals surface area (Å²) >= 11 is 7.77. The number of methoxy groups -OCH3 is 1. The van der Waals surface area contributed by atoms with Crippen molar-refractivity contribution in [1.82, 2.24) is 19.6 Å². The zero-order chi connectivity index (χ0) is 41.7. The van der Waals surface area contributed by atoms with Crippen LogP contribution in [-0.4, -0.2) is 83.0 Å². The van der Waals surface area contributed by atoms with Gasteiger partial charge in [0, 0.05) is 51.9 Å². The number of rotatable bonds is 15. The Morgan fingerprint density at radius 1 is 1.14 bits per heavy atom. The number of aromatic nitrogens is 2. The molecule has 16 heteroatoms. The highest BCUT2D eigenvalue weighted by Gasteiger charge is 2.61. The van der Waals surface area contributed by atoms with E-state index in [4.69, 9.17) is 26.1 Å². The van der Waals surface area contributed by atoms with Gasteiger partial charge in [-0.15, -0.1) is 17.9 Å². The maximum Gasteiger partial charge on any atom is 0.335 e. The van der Waals surface area contributed by atoms with Gasteiger partial charge in [0.15, 0.2) is 5.78 Å². The number of hydrogen-bond acceptors (Lipinski definition) is 11. The lowest BCUT2D eigenvalue weighted by atomic mass is 9.77. The van der Waals surface area contributed by atoms with Crippen molar-refractivity contribution < 1.29 is 42.2 Å². The highest BCUT2D eigenvalue weighted by atomic mass is 35.5. The molecule has 306 valence electrons. The summed E-state index contributed by atoms with van der Waals surface area (Å²) in [6.45, 7) is 9.72. The number of aromatic carboxylic acids is 1. The number of amides is 2. The van der Waals surface area contributed by atoms with Crippen LogP contribution in [0.4, 0.5) is 0 Å². The predicted molar refractivity (Wildman–Crippen MR) is 219 cm³/mol. The molecule has 3 fully saturated rings. The first-order chi connectivity index (χ1) is 27.4. The maximum atomic E-state index is 14.9. The van der Waals surface area contributed by atoms with Crippen LogP contribution in [0.2, 0.25) is 5.02 Å². The van der Waals surface area contributed by atoms with Crippen molar-refractivity contribution in [3.05, 3.63) is 82.3 Å².